The van der Waals surface area contributed by atoms with Gasteiger partial charge < -0.3 is 4.74 Å². The smallest absolute Gasteiger partial charge is 0.363 e. The number of carbonyl (C=O) groups is 1. The summed E-state index contributed by atoms with van der Waals surface area (Å²) in [7, 11) is 0. The highest BCUT2D eigenvalue weighted by Crippen LogP contribution is 2.21. The third kappa shape index (κ3) is 3.32. The molecule has 0 aromatic heterocycles. The van der Waals surface area contributed by atoms with Gasteiger partial charge in [0, 0.05) is 11.1 Å². The van der Waals surface area contributed by atoms with Gasteiger partial charge >= 0.3 is 5.97 Å². The molecular weight excluding hydrogens is 298 g/mol. The van der Waals surface area contributed by atoms with Crippen LogP contribution in [0.1, 0.15) is 11.1 Å². The summed E-state index contributed by atoms with van der Waals surface area (Å²) in [6.07, 6.45) is 5.12. The van der Waals surface area contributed by atoms with E-state index < -0.39 is 5.97 Å². The molecule has 0 saturated carbocycles. The number of halogens is 1. The summed E-state index contributed by atoms with van der Waals surface area (Å²) in [5.41, 5.74) is 1.97. The number of hydrogen-bond acceptors (Lipinski definition) is 3. The Kier molecular flexibility index (Phi) is 4.17. The highest BCUT2D eigenvalue weighted by Gasteiger charge is 2.21. The van der Waals surface area contributed by atoms with Gasteiger partial charge in [0.05, 0.1) is 0 Å². The third-order valence-electron chi connectivity index (χ3n) is 3.05. The summed E-state index contributed by atoms with van der Waals surface area (Å²) in [5.74, 6) is -0.209. The molecule has 2 aromatic carbocycles. The molecule has 108 valence electrons. The summed E-state index contributed by atoms with van der Waals surface area (Å²) < 4.78 is 5.12. The fourth-order valence-corrected chi connectivity index (χ4v) is 2.16. The predicted molar refractivity (Wildman–Crippen MR) is 88.4 cm³/mol. The molecule has 0 radical (unpaired) electrons. The molecule has 3 nitrogen and oxygen atoms in total. The van der Waals surface area contributed by atoms with Crippen LogP contribution < -0.4 is 0 Å². The van der Waals surface area contributed by atoms with Crippen LogP contribution in [0, 0.1) is 0 Å². The number of ether oxygens (including phenoxy) is 1. The van der Waals surface area contributed by atoms with Crippen LogP contribution in [0.2, 0.25) is 5.02 Å². The molecule has 22 heavy (non-hydrogen) atoms. The van der Waals surface area contributed by atoms with Gasteiger partial charge in [-0.3, -0.25) is 0 Å². The molecule has 0 spiro atoms. The van der Waals surface area contributed by atoms with E-state index in [4.69, 9.17) is 16.3 Å². The van der Waals surface area contributed by atoms with Crippen LogP contribution in [0.5, 0.6) is 0 Å². The molecular formula is C18H12ClNO2. The van der Waals surface area contributed by atoms with Gasteiger partial charge in [0.2, 0.25) is 5.90 Å². The maximum Gasteiger partial charge on any atom is 0.363 e. The van der Waals surface area contributed by atoms with Crippen LogP contribution in [-0.4, -0.2) is 11.9 Å². The zero-order chi connectivity index (χ0) is 15.4. The number of benzene rings is 2. The molecule has 1 aliphatic rings. The maximum absolute atomic E-state index is 11.8. The third-order valence-corrected chi connectivity index (χ3v) is 3.40. The number of esters is 1. The molecule has 0 bridgehead atoms. The van der Waals surface area contributed by atoms with Crippen LogP contribution in [0.4, 0.5) is 0 Å². The number of hydrogen-bond donors (Lipinski definition) is 0. The summed E-state index contributed by atoms with van der Waals surface area (Å²) >= 11 is 6.07. The van der Waals surface area contributed by atoms with Crippen molar-refractivity contribution < 1.29 is 9.53 Å². The minimum atomic E-state index is -0.479. The number of rotatable bonds is 3. The van der Waals surface area contributed by atoms with Crippen molar-refractivity contribution in [3.05, 3.63) is 82.5 Å². The molecule has 4 heteroatoms. The molecule has 1 aliphatic heterocycles. The van der Waals surface area contributed by atoms with E-state index in [9.17, 15) is 4.79 Å². The Balaban J connectivity index is 1.83. The predicted octanol–water partition coefficient (Wildman–Crippen LogP) is 4.35. The summed E-state index contributed by atoms with van der Waals surface area (Å²) in [4.78, 5) is 16.0. The summed E-state index contributed by atoms with van der Waals surface area (Å²) in [6.45, 7) is 0. The Labute approximate surface area is 133 Å². The van der Waals surface area contributed by atoms with Crippen LogP contribution >= 0.6 is 11.6 Å². The molecule has 1 heterocycles. The molecule has 2 aromatic rings. The maximum atomic E-state index is 11.8. The standard InChI is InChI=1S/C18H12ClNO2/c19-15-9-5-4-8-14(15)12-16-18(21)22-17(20-16)11-10-13-6-2-1-3-7-13/h1-12H. The van der Waals surface area contributed by atoms with Crippen molar-refractivity contribution >= 4 is 35.6 Å². The lowest BCUT2D eigenvalue weighted by Gasteiger charge is -1.96. The zero-order valence-electron chi connectivity index (χ0n) is 11.6. The Bertz CT molecular complexity index is 792. The molecule has 3 rings (SSSR count). The zero-order valence-corrected chi connectivity index (χ0v) is 12.3. The topological polar surface area (TPSA) is 38.7 Å². The lowest BCUT2D eigenvalue weighted by atomic mass is 10.2. The second-order valence-corrected chi connectivity index (χ2v) is 5.04. The number of carbonyl (C=O) groups excluding carboxylic acids is 1. The van der Waals surface area contributed by atoms with E-state index in [0.717, 1.165) is 11.1 Å². The van der Waals surface area contributed by atoms with Crippen molar-refractivity contribution in [2.45, 2.75) is 0 Å². The minimum Gasteiger partial charge on any atom is -0.403 e. The second kappa shape index (κ2) is 6.41. The monoisotopic (exact) mass is 309 g/mol. The van der Waals surface area contributed by atoms with E-state index in [-0.39, 0.29) is 11.6 Å². The SMILES string of the molecule is O=C1OC(C=Cc2ccccc2)=NC1=Cc1ccccc1Cl. The molecule has 0 unspecified atom stereocenters. The quantitative estimate of drug-likeness (QED) is 0.624. The van der Waals surface area contributed by atoms with Crippen molar-refractivity contribution in [2.24, 2.45) is 4.99 Å². The van der Waals surface area contributed by atoms with E-state index in [2.05, 4.69) is 4.99 Å². The van der Waals surface area contributed by atoms with Crippen molar-refractivity contribution in [1.29, 1.82) is 0 Å². The second-order valence-electron chi connectivity index (χ2n) is 4.63. The lowest BCUT2D eigenvalue weighted by Crippen LogP contribution is -2.01. The Morgan fingerprint density at radius 2 is 1.68 bits per heavy atom. The fraction of sp³-hybridized carbons (Fsp3) is 0. The highest BCUT2D eigenvalue weighted by molar-refractivity contribution is 6.32. The van der Waals surface area contributed by atoms with Gasteiger partial charge in [-0.1, -0.05) is 60.1 Å². The molecule has 0 fully saturated rings. The largest absolute Gasteiger partial charge is 0.403 e. The van der Waals surface area contributed by atoms with Crippen molar-refractivity contribution in [3.8, 4) is 0 Å². The van der Waals surface area contributed by atoms with Gasteiger partial charge in [-0.05, 0) is 29.3 Å². The van der Waals surface area contributed by atoms with Crippen molar-refractivity contribution in [2.75, 3.05) is 0 Å². The van der Waals surface area contributed by atoms with Gasteiger partial charge in [-0.15, -0.1) is 0 Å². The van der Waals surface area contributed by atoms with Crippen molar-refractivity contribution in [1.82, 2.24) is 0 Å². The first kappa shape index (κ1) is 14.3. The van der Waals surface area contributed by atoms with Gasteiger partial charge in [0.1, 0.15) is 0 Å². The Hall–Kier alpha value is -2.65. The molecule has 0 N–H and O–H groups in total. The first-order chi connectivity index (χ1) is 10.7. The van der Waals surface area contributed by atoms with Crippen LogP contribution in [0.3, 0.4) is 0 Å². The first-order valence-electron chi connectivity index (χ1n) is 6.72. The van der Waals surface area contributed by atoms with Crippen LogP contribution in [0.15, 0.2) is 71.4 Å². The number of aliphatic imine (C=N–C) groups is 1. The van der Waals surface area contributed by atoms with Crippen LogP contribution in [0.25, 0.3) is 12.2 Å². The lowest BCUT2D eigenvalue weighted by molar-refractivity contribution is -0.129. The van der Waals surface area contributed by atoms with Gasteiger partial charge in [0.25, 0.3) is 0 Å². The molecule has 0 amide bonds. The minimum absolute atomic E-state index is 0.237. The average molecular weight is 310 g/mol. The van der Waals surface area contributed by atoms with Crippen molar-refractivity contribution in [3.63, 3.8) is 0 Å². The normalized spacial score (nSPS) is 16.1. The fourth-order valence-electron chi connectivity index (χ4n) is 1.97. The van der Waals surface area contributed by atoms with Gasteiger partial charge in [0.15, 0.2) is 5.70 Å². The van der Waals surface area contributed by atoms with E-state index in [0.29, 0.717) is 5.02 Å². The summed E-state index contributed by atoms with van der Waals surface area (Å²) in [5, 5.41) is 0.561. The van der Waals surface area contributed by atoms with Crippen LogP contribution in [-0.2, 0) is 9.53 Å². The van der Waals surface area contributed by atoms with E-state index in [1.54, 1.807) is 18.2 Å². The average Bonchev–Trinajstić information content (AvgIpc) is 2.89. The number of nitrogens with zero attached hydrogens (tertiary/aromatic N) is 1. The van der Waals surface area contributed by atoms with Gasteiger partial charge in [-0.25, -0.2) is 9.79 Å². The van der Waals surface area contributed by atoms with Gasteiger partial charge in [-0.2, -0.15) is 0 Å². The van der Waals surface area contributed by atoms with E-state index in [1.165, 1.54) is 0 Å². The molecule has 0 atom stereocenters. The Morgan fingerprint density at radius 1 is 0.955 bits per heavy atom. The van der Waals surface area contributed by atoms with E-state index >= 15 is 0 Å². The highest BCUT2D eigenvalue weighted by atomic mass is 35.5. The number of cyclic esters (lactones) is 1. The summed E-state index contributed by atoms with van der Waals surface area (Å²) in [6, 6.07) is 17.0. The van der Waals surface area contributed by atoms with E-state index in [1.807, 2.05) is 54.6 Å². The molecule has 0 aliphatic carbocycles. The molecule has 0 saturated heterocycles. The Morgan fingerprint density at radius 3 is 2.45 bits per heavy atom. The first-order valence-corrected chi connectivity index (χ1v) is 7.10.